The van der Waals surface area contributed by atoms with E-state index in [1.54, 1.807) is 4.68 Å². The standard InChI is InChI=1S/C13H22N4OS/c1-5-17-12(11(14)8(2)15-17)13(18)16-6-7-19-10(4)9(16)3/h9-10H,5-7,14H2,1-4H3. The van der Waals surface area contributed by atoms with E-state index in [2.05, 4.69) is 18.9 Å². The SMILES string of the molecule is CCn1nc(C)c(N)c1C(=O)N1CCSC(C)C1C. The Hall–Kier alpha value is -1.17. The Morgan fingerprint density at radius 3 is 2.84 bits per heavy atom. The predicted octanol–water partition coefficient (Wildman–Crippen LogP) is 1.76. The van der Waals surface area contributed by atoms with Crippen molar-refractivity contribution in [2.45, 2.75) is 45.5 Å². The number of nitrogen functional groups attached to an aromatic ring is 1. The Kier molecular flexibility index (Phi) is 4.08. The number of carbonyl (C=O) groups excluding carboxylic acids is 1. The lowest BCUT2D eigenvalue weighted by Crippen LogP contribution is -2.48. The third kappa shape index (κ3) is 2.45. The highest BCUT2D eigenvalue weighted by molar-refractivity contribution is 8.00. The van der Waals surface area contributed by atoms with Crippen LogP contribution in [0, 0.1) is 6.92 Å². The fraction of sp³-hybridized carbons (Fsp3) is 0.692. The third-order valence-corrected chi connectivity index (χ3v) is 5.16. The van der Waals surface area contributed by atoms with E-state index >= 15 is 0 Å². The summed E-state index contributed by atoms with van der Waals surface area (Å²) in [6.45, 7) is 9.52. The number of hydrogen-bond acceptors (Lipinski definition) is 4. The van der Waals surface area contributed by atoms with Crippen molar-refractivity contribution in [2.75, 3.05) is 18.0 Å². The van der Waals surface area contributed by atoms with Crippen LogP contribution in [0.2, 0.25) is 0 Å². The maximum Gasteiger partial charge on any atom is 0.274 e. The van der Waals surface area contributed by atoms with Crippen molar-refractivity contribution in [3.8, 4) is 0 Å². The topological polar surface area (TPSA) is 64.2 Å². The number of rotatable bonds is 2. The first-order chi connectivity index (χ1) is 8.97. The van der Waals surface area contributed by atoms with Crippen LogP contribution in [0.5, 0.6) is 0 Å². The number of nitrogens with two attached hydrogens (primary N) is 1. The molecule has 0 aromatic carbocycles. The molecule has 1 fully saturated rings. The maximum absolute atomic E-state index is 12.7. The smallest absolute Gasteiger partial charge is 0.274 e. The minimum Gasteiger partial charge on any atom is -0.395 e. The predicted molar refractivity (Wildman–Crippen MR) is 79.5 cm³/mol. The lowest BCUT2D eigenvalue weighted by molar-refractivity contribution is 0.0686. The summed E-state index contributed by atoms with van der Waals surface area (Å²) >= 11 is 1.91. The van der Waals surface area contributed by atoms with Crippen LogP contribution < -0.4 is 5.73 Å². The molecule has 1 saturated heterocycles. The first kappa shape index (κ1) is 14.2. The van der Waals surface area contributed by atoms with Gasteiger partial charge in [-0.3, -0.25) is 9.48 Å². The van der Waals surface area contributed by atoms with Crippen molar-refractivity contribution < 1.29 is 4.79 Å². The van der Waals surface area contributed by atoms with E-state index < -0.39 is 0 Å². The molecule has 2 heterocycles. The van der Waals surface area contributed by atoms with Crippen molar-refractivity contribution in [3.05, 3.63) is 11.4 Å². The number of nitrogens with zero attached hydrogens (tertiary/aromatic N) is 3. The molecular weight excluding hydrogens is 260 g/mol. The van der Waals surface area contributed by atoms with E-state index in [9.17, 15) is 4.79 Å². The van der Waals surface area contributed by atoms with Gasteiger partial charge in [0, 0.05) is 30.1 Å². The highest BCUT2D eigenvalue weighted by Gasteiger charge is 2.32. The van der Waals surface area contributed by atoms with Crippen molar-refractivity contribution in [3.63, 3.8) is 0 Å². The van der Waals surface area contributed by atoms with E-state index in [1.807, 2.05) is 30.5 Å². The first-order valence-corrected chi connectivity index (χ1v) is 7.77. The van der Waals surface area contributed by atoms with Crippen LogP contribution in [0.25, 0.3) is 0 Å². The van der Waals surface area contributed by atoms with Crippen molar-refractivity contribution in [2.24, 2.45) is 0 Å². The van der Waals surface area contributed by atoms with E-state index in [0.29, 0.717) is 23.2 Å². The Labute approximate surface area is 118 Å². The highest BCUT2D eigenvalue weighted by atomic mass is 32.2. The summed E-state index contributed by atoms with van der Waals surface area (Å²) in [5.41, 5.74) is 7.83. The number of aryl methyl sites for hydroxylation is 2. The van der Waals surface area contributed by atoms with Gasteiger partial charge < -0.3 is 10.6 Å². The van der Waals surface area contributed by atoms with Gasteiger partial charge in [0.05, 0.1) is 11.4 Å². The number of amides is 1. The van der Waals surface area contributed by atoms with Crippen LogP contribution in [0.3, 0.4) is 0 Å². The number of anilines is 1. The van der Waals surface area contributed by atoms with Crippen molar-refractivity contribution >= 4 is 23.4 Å². The van der Waals surface area contributed by atoms with E-state index in [4.69, 9.17) is 5.73 Å². The van der Waals surface area contributed by atoms with Crippen LogP contribution in [0.4, 0.5) is 5.69 Å². The molecule has 0 bridgehead atoms. The second-order valence-electron chi connectivity index (χ2n) is 4.98. The van der Waals surface area contributed by atoms with E-state index in [0.717, 1.165) is 18.0 Å². The summed E-state index contributed by atoms with van der Waals surface area (Å²) in [7, 11) is 0. The van der Waals surface area contributed by atoms with Gasteiger partial charge in [0.25, 0.3) is 5.91 Å². The molecule has 1 aromatic heterocycles. The summed E-state index contributed by atoms with van der Waals surface area (Å²) in [5.74, 6) is 0.996. The second kappa shape index (κ2) is 5.45. The van der Waals surface area contributed by atoms with Crippen LogP contribution in [-0.4, -0.2) is 44.2 Å². The number of carbonyl (C=O) groups is 1. The average Bonchev–Trinajstić information content (AvgIpc) is 2.68. The summed E-state index contributed by atoms with van der Waals surface area (Å²) in [6.07, 6.45) is 0. The Morgan fingerprint density at radius 2 is 2.21 bits per heavy atom. The Bertz CT molecular complexity index is 485. The number of hydrogen-bond donors (Lipinski definition) is 1. The fourth-order valence-corrected chi connectivity index (χ4v) is 3.50. The zero-order valence-corrected chi connectivity index (χ0v) is 12.8. The van der Waals surface area contributed by atoms with Gasteiger partial charge in [-0.05, 0) is 20.8 Å². The third-order valence-electron chi connectivity index (χ3n) is 3.82. The molecule has 1 aliphatic heterocycles. The van der Waals surface area contributed by atoms with Gasteiger partial charge in [-0.15, -0.1) is 0 Å². The number of aromatic nitrogens is 2. The maximum atomic E-state index is 12.7. The first-order valence-electron chi connectivity index (χ1n) is 6.72. The highest BCUT2D eigenvalue weighted by Crippen LogP contribution is 2.27. The quantitative estimate of drug-likeness (QED) is 0.897. The Balaban J connectivity index is 2.33. The molecule has 5 nitrogen and oxygen atoms in total. The zero-order valence-electron chi connectivity index (χ0n) is 12.0. The summed E-state index contributed by atoms with van der Waals surface area (Å²) in [6, 6.07) is 0.228. The molecular formula is C13H22N4OS. The van der Waals surface area contributed by atoms with Crippen LogP contribution in [0.15, 0.2) is 0 Å². The van der Waals surface area contributed by atoms with Gasteiger partial charge in [-0.2, -0.15) is 16.9 Å². The molecule has 6 heteroatoms. The molecule has 0 saturated carbocycles. The number of thioether (sulfide) groups is 1. The van der Waals surface area contributed by atoms with Gasteiger partial charge in [-0.25, -0.2) is 0 Å². The van der Waals surface area contributed by atoms with Gasteiger partial charge in [-0.1, -0.05) is 6.92 Å². The average molecular weight is 282 g/mol. The van der Waals surface area contributed by atoms with Crippen LogP contribution in [-0.2, 0) is 6.54 Å². The van der Waals surface area contributed by atoms with Gasteiger partial charge in [0.2, 0.25) is 0 Å². The molecule has 2 rings (SSSR count). The minimum atomic E-state index is 0.0135. The summed E-state index contributed by atoms with van der Waals surface area (Å²) in [5, 5.41) is 4.78. The van der Waals surface area contributed by atoms with E-state index in [-0.39, 0.29) is 11.9 Å². The molecule has 1 aromatic rings. The minimum absolute atomic E-state index is 0.0135. The second-order valence-corrected chi connectivity index (χ2v) is 6.46. The fourth-order valence-electron chi connectivity index (χ4n) is 2.41. The molecule has 0 aliphatic carbocycles. The molecule has 2 N–H and O–H groups in total. The van der Waals surface area contributed by atoms with Crippen LogP contribution >= 0.6 is 11.8 Å². The van der Waals surface area contributed by atoms with Crippen LogP contribution in [0.1, 0.15) is 37.0 Å². The van der Waals surface area contributed by atoms with Gasteiger partial charge >= 0.3 is 0 Å². The molecule has 19 heavy (non-hydrogen) atoms. The van der Waals surface area contributed by atoms with Crippen molar-refractivity contribution in [1.82, 2.24) is 14.7 Å². The van der Waals surface area contributed by atoms with Gasteiger partial charge in [0.1, 0.15) is 5.69 Å². The molecule has 1 aliphatic rings. The monoisotopic (exact) mass is 282 g/mol. The molecule has 2 unspecified atom stereocenters. The van der Waals surface area contributed by atoms with E-state index in [1.165, 1.54) is 0 Å². The largest absolute Gasteiger partial charge is 0.395 e. The molecule has 0 radical (unpaired) electrons. The van der Waals surface area contributed by atoms with Crippen molar-refractivity contribution in [1.29, 1.82) is 0 Å². The summed E-state index contributed by atoms with van der Waals surface area (Å²) < 4.78 is 1.71. The zero-order chi connectivity index (χ0) is 14.2. The van der Waals surface area contributed by atoms with Gasteiger partial charge in [0.15, 0.2) is 0 Å². The normalized spacial score (nSPS) is 23.7. The summed E-state index contributed by atoms with van der Waals surface area (Å²) in [4.78, 5) is 14.7. The Morgan fingerprint density at radius 1 is 1.53 bits per heavy atom. The molecule has 2 atom stereocenters. The lowest BCUT2D eigenvalue weighted by Gasteiger charge is -2.37. The molecule has 0 spiro atoms. The molecule has 1 amide bonds. The lowest BCUT2D eigenvalue weighted by atomic mass is 10.1. The molecule has 106 valence electrons.